The highest BCUT2D eigenvalue weighted by molar-refractivity contribution is 7.98. The van der Waals surface area contributed by atoms with Crippen LogP contribution in [0.4, 0.5) is 0 Å². The summed E-state index contributed by atoms with van der Waals surface area (Å²) in [4.78, 5) is 26.0. The predicted molar refractivity (Wildman–Crippen MR) is 133 cm³/mol. The van der Waals surface area contributed by atoms with Crippen molar-refractivity contribution in [3.63, 3.8) is 0 Å². The fraction of sp³-hybridized carbons (Fsp3) is 0.269. The molecule has 1 aliphatic heterocycles. The van der Waals surface area contributed by atoms with Gasteiger partial charge in [-0.2, -0.15) is 0 Å². The van der Waals surface area contributed by atoms with Gasteiger partial charge in [-0.1, -0.05) is 66.4 Å². The molecule has 5 rings (SSSR count). The SMILES string of the molecule is Cc1cccc2oc(SCc3nc(C(=O)N4CCN(C/C=C/c5ccccc5)CC4)co3)nc12. The number of benzene rings is 2. The highest BCUT2D eigenvalue weighted by Crippen LogP contribution is 2.27. The van der Waals surface area contributed by atoms with Crippen molar-refractivity contribution in [3.8, 4) is 0 Å². The molecule has 174 valence electrons. The standard InChI is InChI=1S/C26H26N4O3S/c1-19-7-5-11-22-24(19)28-26(33-22)34-18-23-27-21(17-32-23)25(31)30-15-13-29(14-16-30)12-6-10-20-8-3-2-4-9-20/h2-11,17H,12-16,18H2,1H3/b10-6+. The van der Waals surface area contributed by atoms with Gasteiger partial charge in [0.15, 0.2) is 11.3 Å². The van der Waals surface area contributed by atoms with Crippen molar-refractivity contribution in [1.29, 1.82) is 0 Å². The van der Waals surface area contributed by atoms with Crippen molar-refractivity contribution in [3.05, 3.63) is 83.6 Å². The lowest BCUT2D eigenvalue weighted by Crippen LogP contribution is -2.48. The second kappa shape index (κ2) is 10.3. The fourth-order valence-corrected chi connectivity index (χ4v) is 4.61. The van der Waals surface area contributed by atoms with E-state index in [9.17, 15) is 4.79 Å². The molecule has 7 nitrogen and oxygen atoms in total. The summed E-state index contributed by atoms with van der Waals surface area (Å²) in [5, 5.41) is 0.563. The second-order valence-corrected chi connectivity index (χ2v) is 9.15. The Balaban J connectivity index is 1.11. The number of rotatable bonds is 7. The molecule has 1 aliphatic rings. The molecule has 8 heteroatoms. The molecule has 0 bridgehead atoms. The molecule has 0 unspecified atom stereocenters. The van der Waals surface area contributed by atoms with E-state index in [4.69, 9.17) is 8.83 Å². The zero-order chi connectivity index (χ0) is 23.3. The number of amides is 1. The van der Waals surface area contributed by atoms with E-state index in [-0.39, 0.29) is 5.91 Å². The van der Waals surface area contributed by atoms with Crippen molar-refractivity contribution in [2.45, 2.75) is 17.9 Å². The Morgan fingerprint density at radius 1 is 1.06 bits per heavy atom. The van der Waals surface area contributed by atoms with E-state index in [1.807, 2.05) is 48.2 Å². The lowest BCUT2D eigenvalue weighted by Gasteiger charge is -2.33. The molecule has 1 fully saturated rings. The van der Waals surface area contributed by atoms with Gasteiger partial charge in [0.25, 0.3) is 11.1 Å². The van der Waals surface area contributed by atoms with E-state index in [1.54, 1.807) is 0 Å². The van der Waals surface area contributed by atoms with E-state index in [1.165, 1.54) is 23.6 Å². The van der Waals surface area contributed by atoms with E-state index >= 15 is 0 Å². The van der Waals surface area contributed by atoms with Crippen LogP contribution < -0.4 is 0 Å². The van der Waals surface area contributed by atoms with Crippen LogP contribution in [0.25, 0.3) is 17.2 Å². The number of oxazole rings is 2. The van der Waals surface area contributed by atoms with Crippen molar-refractivity contribution in [2.75, 3.05) is 32.7 Å². The average molecular weight is 475 g/mol. The summed E-state index contributed by atoms with van der Waals surface area (Å²) in [6, 6.07) is 16.1. The zero-order valence-electron chi connectivity index (χ0n) is 19.0. The number of nitrogens with zero attached hydrogens (tertiary/aromatic N) is 4. The first-order valence-electron chi connectivity index (χ1n) is 11.3. The highest BCUT2D eigenvalue weighted by Gasteiger charge is 2.24. The van der Waals surface area contributed by atoms with Crippen molar-refractivity contribution < 1.29 is 13.6 Å². The summed E-state index contributed by atoms with van der Waals surface area (Å²) in [7, 11) is 0. The largest absolute Gasteiger partial charge is 0.447 e. The van der Waals surface area contributed by atoms with Crippen LogP contribution in [-0.2, 0) is 5.75 Å². The Hall–Kier alpha value is -3.36. The smallest absolute Gasteiger partial charge is 0.275 e. The molecule has 0 saturated carbocycles. The molecule has 0 N–H and O–H groups in total. The zero-order valence-corrected chi connectivity index (χ0v) is 19.8. The number of hydrogen-bond donors (Lipinski definition) is 0. The minimum atomic E-state index is -0.0861. The van der Waals surface area contributed by atoms with Crippen LogP contribution >= 0.6 is 11.8 Å². The number of hydrogen-bond acceptors (Lipinski definition) is 7. The average Bonchev–Trinajstić information content (AvgIpc) is 3.51. The Morgan fingerprint density at radius 3 is 2.68 bits per heavy atom. The van der Waals surface area contributed by atoms with Crippen molar-refractivity contribution >= 4 is 34.8 Å². The fourth-order valence-electron chi connectivity index (χ4n) is 3.92. The van der Waals surface area contributed by atoms with Gasteiger partial charge >= 0.3 is 0 Å². The van der Waals surface area contributed by atoms with Crippen LogP contribution in [0, 0.1) is 6.92 Å². The number of aromatic nitrogens is 2. The number of piperazine rings is 1. The van der Waals surface area contributed by atoms with Crippen LogP contribution in [0.15, 0.2) is 74.9 Å². The van der Waals surface area contributed by atoms with E-state index < -0.39 is 0 Å². The van der Waals surface area contributed by atoms with Gasteiger partial charge in [-0.15, -0.1) is 0 Å². The van der Waals surface area contributed by atoms with Gasteiger partial charge in [0.2, 0.25) is 5.89 Å². The van der Waals surface area contributed by atoms with Crippen molar-refractivity contribution in [2.24, 2.45) is 0 Å². The van der Waals surface area contributed by atoms with Gasteiger partial charge in [-0.05, 0) is 24.1 Å². The number of thioether (sulfide) groups is 1. The van der Waals surface area contributed by atoms with Crippen LogP contribution in [0.1, 0.15) is 27.5 Å². The number of fused-ring (bicyclic) bond motifs is 1. The molecule has 0 spiro atoms. The highest BCUT2D eigenvalue weighted by atomic mass is 32.2. The molecule has 34 heavy (non-hydrogen) atoms. The maximum absolute atomic E-state index is 12.9. The number of carbonyl (C=O) groups excluding carboxylic acids is 1. The van der Waals surface area contributed by atoms with Crippen LogP contribution in [0.2, 0.25) is 0 Å². The predicted octanol–water partition coefficient (Wildman–Crippen LogP) is 4.89. The summed E-state index contributed by atoms with van der Waals surface area (Å²) < 4.78 is 11.3. The molecule has 1 amide bonds. The molecule has 3 heterocycles. The van der Waals surface area contributed by atoms with Crippen LogP contribution in [-0.4, -0.2) is 58.4 Å². The Bertz CT molecular complexity index is 1290. The molecule has 0 aliphatic carbocycles. The van der Waals surface area contributed by atoms with Gasteiger partial charge in [0.1, 0.15) is 11.8 Å². The molecular formula is C26H26N4O3S. The molecule has 2 aromatic heterocycles. The molecule has 1 saturated heterocycles. The first kappa shape index (κ1) is 22.4. The van der Waals surface area contributed by atoms with E-state index in [0.717, 1.165) is 36.3 Å². The first-order valence-corrected chi connectivity index (χ1v) is 12.3. The molecule has 0 atom stereocenters. The van der Waals surface area contributed by atoms with E-state index in [0.29, 0.717) is 35.6 Å². The summed E-state index contributed by atoms with van der Waals surface area (Å²) in [6.45, 7) is 5.91. The Labute approximate surface area is 202 Å². The Morgan fingerprint density at radius 2 is 1.88 bits per heavy atom. The third-order valence-electron chi connectivity index (χ3n) is 5.82. The third-order valence-corrected chi connectivity index (χ3v) is 6.64. The number of para-hydroxylation sites is 1. The van der Waals surface area contributed by atoms with Gasteiger partial charge in [-0.25, -0.2) is 9.97 Å². The maximum Gasteiger partial charge on any atom is 0.275 e. The number of aryl methyl sites for hydroxylation is 1. The summed E-state index contributed by atoms with van der Waals surface area (Å²) in [5.74, 6) is 0.842. The summed E-state index contributed by atoms with van der Waals surface area (Å²) in [5.41, 5.74) is 4.25. The van der Waals surface area contributed by atoms with Gasteiger partial charge in [0.05, 0.1) is 5.75 Å². The molecular weight excluding hydrogens is 448 g/mol. The maximum atomic E-state index is 12.9. The topological polar surface area (TPSA) is 75.6 Å². The normalized spacial score (nSPS) is 14.9. The van der Waals surface area contributed by atoms with Crippen molar-refractivity contribution in [1.82, 2.24) is 19.8 Å². The lowest BCUT2D eigenvalue weighted by molar-refractivity contribution is 0.0644. The van der Waals surface area contributed by atoms with Gasteiger partial charge in [-0.3, -0.25) is 9.69 Å². The summed E-state index contributed by atoms with van der Waals surface area (Å²) in [6.07, 6.45) is 5.75. The minimum Gasteiger partial charge on any atom is -0.447 e. The molecule has 0 radical (unpaired) electrons. The third kappa shape index (κ3) is 5.24. The summed E-state index contributed by atoms with van der Waals surface area (Å²) >= 11 is 1.40. The first-order chi connectivity index (χ1) is 16.7. The lowest BCUT2D eigenvalue weighted by atomic mass is 10.2. The van der Waals surface area contributed by atoms with Crippen LogP contribution in [0.5, 0.6) is 0 Å². The number of carbonyl (C=O) groups is 1. The monoisotopic (exact) mass is 474 g/mol. The van der Waals surface area contributed by atoms with Gasteiger partial charge < -0.3 is 13.7 Å². The minimum absolute atomic E-state index is 0.0861. The molecule has 4 aromatic rings. The second-order valence-electron chi connectivity index (χ2n) is 8.22. The van der Waals surface area contributed by atoms with Gasteiger partial charge in [0, 0.05) is 32.7 Å². The quantitative estimate of drug-likeness (QED) is 0.353. The Kier molecular flexibility index (Phi) is 6.78. The van der Waals surface area contributed by atoms with Crippen LogP contribution in [0.3, 0.4) is 0 Å². The van der Waals surface area contributed by atoms with E-state index in [2.05, 4.69) is 39.2 Å². The molecule has 2 aromatic carbocycles.